The highest BCUT2D eigenvalue weighted by Gasteiger charge is 2.00. The van der Waals surface area contributed by atoms with Crippen LogP contribution in [-0.4, -0.2) is 44.5 Å². The average Bonchev–Trinajstić information content (AvgIpc) is 2.28. The molecule has 100 valence electrons. The number of halogens is 1. The van der Waals surface area contributed by atoms with E-state index in [1.807, 2.05) is 43.3 Å². The molecule has 0 aromatic heterocycles. The molecule has 1 aromatic rings. The lowest BCUT2D eigenvalue weighted by atomic mass is 10.3. The Kier molecular flexibility index (Phi) is 6.75. The van der Waals surface area contributed by atoms with Gasteiger partial charge in [-0.3, -0.25) is 4.79 Å². The number of benzene rings is 1. The minimum atomic E-state index is 0.0827. The van der Waals surface area contributed by atoms with Crippen molar-refractivity contribution in [1.82, 2.24) is 10.2 Å². The molecule has 1 amide bonds. The third kappa shape index (κ3) is 6.61. The van der Waals surface area contributed by atoms with E-state index in [1.54, 1.807) is 0 Å². The number of anilines is 1. The first-order valence-electron chi connectivity index (χ1n) is 5.99. The molecule has 1 rings (SSSR count). The fourth-order valence-electron chi connectivity index (χ4n) is 1.43. The predicted octanol–water partition coefficient (Wildman–Crippen LogP) is 1.93. The van der Waals surface area contributed by atoms with Crippen LogP contribution in [0.5, 0.6) is 0 Å². The van der Waals surface area contributed by atoms with Crippen molar-refractivity contribution < 1.29 is 4.79 Å². The maximum absolute atomic E-state index is 11.5. The van der Waals surface area contributed by atoms with Gasteiger partial charge in [0.25, 0.3) is 0 Å². The highest BCUT2D eigenvalue weighted by Crippen LogP contribution is 2.15. The summed E-state index contributed by atoms with van der Waals surface area (Å²) in [6.45, 7) is 2.21. The molecule has 0 atom stereocenters. The van der Waals surface area contributed by atoms with Gasteiger partial charge < -0.3 is 15.5 Å². The van der Waals surface area contributed by atoms with Gasteiger partial charge in [-0.1, -0.05) is 22.0 Å². The van der Waals surface area contributed by atoms with Gasteiger partial charge in [-0.15, -0.1) is 0 Å². The third-order valence-corrected chi connectivity index (χ3v) is 2.88. The summed E-state index contributed by atoms with van der Waals surface area (Å²) in [5.41, 5.74) is 1.02. The van der Waals surface area contributed by atoms with E-state index in [2.05, 4.69) is 26.6 Å². The van der Waals surface area contributed by atoms with Crippen LogP contribution in [0.25, 0.3) is 0 Å². The van der Waals surface area contributed by atoms with Crippen LogP contribution in [0.2, 0.25) is 0 Å². The van der Waals surface area contributed by atoms with Crippen LogP contribution in [0.15, 0.2) is 28.7 Å². The summed E-state index contributed by atoms with van der Waals surface area (Å²) in [6.07, 6.45) is 0.486. The molecule has 4 nitrogen and oxygen atoms in total. The zero-order valence-corrected chi connectivity index (χ0v) is 12.5. The molecule has 0 spiro atoms. The maximum Gasteiger partial charge on any atom is 0.221 e. The van der Waals surface area contributed by atoms with E-state index < -0.39 is 0 Å². The van der Waals surface area contributed by atoms with Crippen LogP contribution in [0.3, 0.4) is 0 Å². The molecule has 0 aliphatic heterocycles. The standard InChI is InChI=1S/C13H20BrN3O/c1-17(2)9-8-16-13(18)6-7-15-12-5-3-4-11(14)10-12/h3-5,10,15H,6-9H2,1-2H3,(H,16,18). The first-order chi connectivity index (χ1) is 8.58. The zero-order valence-electron chi connectivity index (χ0n) is 10.9. The van der Waals surface area contributed by atoms with Crippen LogP contribution in [0.1, 0.15) is 6.42 Å². The van der Waals surface area contributed by atoms with Gasteiger partial charge >= 0.3 is 0 Å². The highest BCUT2D eigenvalue weighted by atomic mass is 79.9. The van der Waals surface area contributed by atoms with Crippen LogP contribution < -0.4 is 10.6 Å². The van der Waals surface area contributed by atoms with Crippen LogP contribution in [0, 0.1) is 0 Å². The second-order valence-corrected chi connectivity index (χ2v) is 5.26. The van der Waals surface area contributed by atoms with Crippen molar-refractivity contribution in [2.45, 2.75) is 6.42 Å². The molecule has 0 saturated heterocycles. The van der Waals surface area contributed by atoms with Crippen molar-refractivity contribution in [3.63, 3.8) is 0 Å². The molecule has 0 radical (unpaired) electrons. The largest absolute Gasteiger partial charge is 0.384 e. The van der Waals surface area contributed by atoms with Crippen molar-refractivity contribution in [3.05, 3.63) is 28.7 Å². The van der Waals surface area contributed by atoms with Crippen LogP contribution in [-0.2, 0) is 4.79 Å². The summed E-state index contributed by atoms with van der Waals surface area (Å²) in [4.78, 5) is 13.5. The minimum Gasteiger partial charge on any atom is -0.384 e. The van der Waals surface area contributed by atoms with Crippen LogP contribution >= 0.6 is 15.9 Å². The van der Waals surface area contributed by atoms with E-state index in [9.17, 15) is 4.79 Å². The van der Waals surface area contributed by atoms with E-state index in [4.69, 9.17) is 0 Å². The molecule has 0 aliphatic rings. The predicted molar refractivity (Wildman–Crippen MR) is 78.8 cm³/mol. The molecular weight excluding hydrogens is 294 g/mol. The molecule has 0 aliphatic carbocycles. The number of hydrogen-bond acceptors (Lipinski definition) is 3. The van der Waals surface area contributed by atoms with Gasteiger partial charge in [0.1, 0.15) is 0 Å². The molecule has 0 heterocycles. The van der Waals surface area contributed by atoms with Crippen LogP contribution in [0.4, 0.5) is 5.69 Å². The summed E-state index contributed by atoms with van der Waals surface area (Å²) in [7, 11) is 3.97. The fraction of sp³-hybridized carbons (Fsp3) is 0.462. The lowest BCUT2D eigenvalue weighted by Crippen LogP contribution is -2.32. The topological polar surface area (TPSA) is 44.4 Å². The molecule has 18 heavy (non-hydrogen) atoms. The van der Waals surface area contributed by atoms with Crippen molar-refractivity contribution in [2.75, 3.05) is 39.0 Å². The summed E-state index contributed by atoms with van der Waals surface area (Å²) in [5.74, 6) is 0.0827. The molecule has 0 fully saturated rings. The van der Waals surface area contributed by atoms with Crippen molar-refractivity contribution in [1.29, 1.82) is 0 Å². The second-order valence-electron chi connectivity index (χ2n) is 4.34. The summed E-state index contributed by atoms with van der Waals surface area (Å²) >= 11 is 3.41. The third-order valence-electron chi connectivity index (χ3n) is 2.39. The Morgan fingerprint density at radius 1 is 1.33 bits per heavy atom. The Hall–Kier alpha value is -1.07. The number of nitrogens with one attached hydrogen (secondary N) is 2. The van der Waals surface area contributed by atoms with Gasteiger partial charge in [-0.2, -0.15) is 0 Å². The second kappa shape index (κ2) is 8.11. The minimum absolute atomic E-state index is 0.0827. The van der Waals surface area contributed by atoms with E-state index in [1.165, 1.54) is 0 Å². The van der Waals surface area contributed by atoms with Gasteiger partial charge in [0.15, 0.2) is 0 Å². The summed E-state index contributed by atoms with van der Waals surface area (Å²) in [6, 6.07) is 7.90. The number of amides is 1. The number of rotatable bonds is 7. The molecule has 5 heteroatoms. The van der Waals surface area contributed by atoms with Gasteiger partial charge in [-0.25, -0.2) is 0 Å². The Morgan fingerprint density at radius 3 is 2.78 bits per heavy atom. The lowest BCUT2D eigenvalue weighted by Gasteiger charge is -2.11. The van der Waals surface area contributed by atoms with Crippen molar-refractivity contribution in [2.24, 2.45) is 0 Å². The van der Waals surface area contributed by atoms with Gasteiger partial charge in [0, 0.05) is 36.2 Å². The monoisotopic (exact) mass is 313 g/mol. The van der Waals surface area contributed by atoms with Crippen molar-refractivity contribution in [3.8, 4) is 0 Å². The number of carbonyl (C=O) groups is 1. The fourth-order valence-corrected chi connectivity index (χ4v) is 1.83. The first-order valence-corrected chi connectivity index (χ1v) is 6.78. The normalized spacial score (nSPS) is 10.4. The average molecular weight is 314 g/mol. The van der Waals surface area contributed by atoms with E-state index >= 15 is 0 Å². The van der Waals surface area contributed by atoms with Gasteiger partial charge in [0.05, 0.1) is 0 Å². The molecule has 0 unspecified atom stereocenters. The number of hydrogen-bond donors (Lipinski definition) is 2. The summed E-state index contributed by atoms with van der Waals surface area (Å²) < 4.78 is 1.03. The SMILES string of the molecule is CN(C)CCNC(=O)CCNc1cccc(Br)c1. The number of carbonyl (C=O) groups excluding carboxylic acids is 1. The van der Waals surface area contributed by atoms with Gasteiger partial charge in [-0.05, 0) is 32.3 Å². The molecule has 0 bridgehead atoms. The smallest absolute Gasteiger partial charge is 0.221 e. The quantitative estimate of drug-likeness (QED) is 0.808. The van der Waals surface area contributed by atoms with E-state index in [-0.39, 0.29) is 5.91 Å². The zero-order chi connectivity index (χ0) is 13.4. The Balaban J connectivity index is 2.15. The van der Waals surface area contributed by atoms with E-state index in [0.29, 0.717) is 19.5 Å². The lowest BCUT2D eigenvalue weighted by molar-refractivity contribution is -0.120. The number of likely N-dealkylation sites (N-methyl/N-ethyl adjacent to an activating group) is 1. The molecule has 2 N–H and O–H groups in total. The van der Waals surface area contributed by atoms with E-state index in [0.717, 1.165) is 16.7 Å². The Labute approximate surface area is 117 Å². The highest BCUT2D eigenvalue weighted by molar-refractivity contribution is 9.10. The molecular formula is C13H20BrN3O. The maximum atomic E-state index is 11.5. The molecule has 0 saturated carbocycles. The van der Waals surface area contributed by atoms with Crippen molar-refractivity contribution >= 4 is 27.5 Å². The number of nitrogens with zero attached hydrogens (tertiary/aromatic N) is 1. The first kappa shape index (κ1) is 15.0. The summed E-state index contributed by atoms with van der Waals surface area (Å²) in [5, 5.41) is 6.10. The van der Waals surface area contributed by atoms with Gasteiger partial charge in [0.2, 0.25) is 5.91 Å². The Bertz CT molecular complexity index is 382. The molecule has 1 aromatic carbocycles. The Morgan fingerprint density at radius 2 is 2.11 bits per heavy atom.